The van der Waals surface area contributed by atoms with Gasteiger partial charge in [-0.2, -0.15) is 0 Å². The van der Waals surface area contributed by atoms with Crippen molar-refractivity contribution in [1.82, 2.24) is 10.6 Å². The Morgan fingerprint density at radius 2 is 2.00 bits per heavy atom. The molecule has 0 atom stereocenters. The molecule has 1 aliphatic heterocycles. The number of benzene rings is 1. The average molecular weight is 375 g/mol. The molecule has 0 aromatic heterocycles. The van der Waals surface area contributed by atoms with Gasteiger partial charge in [-0.1, -0.05) is 24.3 Å². The number of guanidine groups is 1. The Morgan fingerprint density at radius 3 is 2.53 bits per heavy atom. The summed E-state index contributed by atoms with van der Waals surface area (Å²) in [5, 5.41) is 16.4. The van der Waals surface area contributed by atoms with Crippen LogP contribution in [0.2, 0.25) is 0 Å². The first-order chi connectivity index (χ1) is 8.55. The molecule has 1 aromatic rings. The highest BCUT2D eigenvalue weighted by molar-refractivity contribution is 14.0. The van der Waals surface area contributed by atoms with Crippen LogP contribution >= 0.6 is 24.0 Å². The van der Waals surface area contributed by atoms with E-state index < -0.39 is 5.60 Å². The number of hydrogen-bond donors (Lipinski definition) is 3. The zero-order valence-electron chi connectivity index (χ0n) is 11.4. The van der Waals surface area contributed by atoms with Crippen LogP contribution in [-0.4, -0.2) is 24.2 Å². The van der Waals surface area contributed by atoms with E-state index in [0.29, 0.717) is 0 Å². The lowest BCUT2D eigenvalue weighted by Gasteiger charge is -2.19. The van der Waals surface area contributed by atoms with Gasteiger partial charge >= 0.3 is 0 Å². The molecule has 0 unspecified atom stereocenters. The Hall–Kier alpha value is -0.820. The lowest BCUT2D eigenvalue weighted by Crippen LogP contribution is -2.40. The second kappa shape index (κ2) is 7.09. The lowest BCUT2D eigenvalue weighted by atomic mass is 9.97. The van der Waals surface area contributed by atoms with Crippen LogP contribution in [0.15, 0.2) is 29.3 Å². The molecule has 0 radical (unpaired) electrons. The number of nitrogens with one attached hydrogen (secondary N) is 2. The van der Waals surface area contributed by atoms with Crippen molar-refractivity contribution in [1.29, 1.82) is 0 Å². The predicted octanol–water partition coefficient (Wildman–Crippen LogP) is 1.97. The summed E-state index contributed by atoms with van der Waals surface area (Å²) < 4.78 is 0. The third-order valence-electron chi connectivity index (χ3n) is 3.02. The van der Waals surface area contributed by atoms with E-state index in [-0.39, 0.29) is 24.0 Å². The minimum atomic E-state index is -0.777. The Labute approximate surface area is 131 Å². The van der Waals surface area contributed by atoms with E-state index in [0.717, 1.165) is 37.6 Å². The molecule has 0 amide bonds. The summed E-state index contributed by atoms with van der Waals surface area (Å²) >= 11 is 0. The van der Waals surface area contributed by atoms with Gasteiger partial charge in [0.25, 0.3) is 0 Å². The molecule has 1 aromatic carbocycles. The predicted molar refractivity (Wildman–Crippen MR) is 88.9 cm³/mol. The molecule has 5 heteroatoms. The van der Waals surface area contributed by atoms with E-state index in [1.54, 1.807) is 13.8 Å². The van der Waals surface area contributed by atoms with Gasteiger partial charge in [-0.15, -0.1) is 24.0 Å². The molecule has 0 spiro atoms. The van der Waals surface area contributed by atoms with Crippen molar-refractivity contribution in [2.45, 2.75) is 32.4 Å². The summed E-state index contributed by atoms with van der Waals surface area (Å²) in [7, 11) is 0. The summed E-state index contributed by atoms with van der Waals surface area (Å²) in [5.41, 5.74) is 1.33. The number of nitrogens with zero attached hydrogens (tertiary/aromatic N) is 1. The van der Waals surface area contributed by atoms with Crippen molar-refractivity contribution in [3.8, 4) is 0 Å². The van der Waals surface area contributed by atoms with Crippen molar-refractivity contribution in [2.24, 2.45) is 4.99 Å². The Kier molecular flexibility index (Phi) is 6.06. The fourth-order valence-electron chi connectivity index (χ4n) is 1.87. The normalized spacial score (nSPS) is 15.0. The standard InChI is InChI=1S/C14H21N3O.HI/c1-14(2,18)12-6-4-11(5-7-12)10-17-13-15-8-3-9-16-13;/h4-7,18H,3,8-10H2,1-2H3,(H2,15,16,17);1H. The number of aliphatic hydroxyl groups is 1. The van der Waals surface area contributed by atoms with E-state index in [1.165, 1.54) is 5.56 Å². The molecule has 0 saturated carbocycles. The second-order valence-electron chi connectivity index (χ2n) is 5.12. The third kappa shape index (κ3) is 4.99. The Balaban J connectivity index is 0.00000180. The van der Waals surface area contributed by atoms with Crippen LogP contribution in [-0.2, 0) is 12.1 Å². The van der Waals surface area contributed by atoms with Gasteiger partial charge in [0, 0.05) is 19.6 Å². The van der Waals surface area contributed by atoms with Gasteiger partial charge in [0.05, 0.1) is 5.60 Å². The van der Waals surface area contributed by atoms with Crippen LogP contribution in [0.5, 0.6) is 0 Å². The highest BCUT2D eigenvalue weighted by atomic mass is 127. The van der Waals surface area contributed by atoms with Gasteiger partial charge in [0.2, 0.25) is 0 Å². The molecule has 1 aliphatic rings. The monoisotopic (exact) mass is 375 g/mol. The number of hydrogen-bond acceptors (Lipinski definition) is 4. The van der Waals surface area contributed by atoms with Crippen molar-refractivity contribution in [3.63, 3.8) is 0 Å². The summed E-state index contributed by atoms with van der Waals surface area (Å²) in [6, 6.07) is 7.99. The minimum absolute atomic E-state index is 0. The number of halogens is 1. The van der Waals surface area contributed by atoms with E-state index >= 15 is 0 Å². The van der Waals surface area contributed by atoms with E-state index in [2.05, 4.69) is 15.6 Å². The van der Waals surface area contributed by atoms with Crippen molar-refractivity contribution >= 4 is 29.9 Å². The lowest BCUT2D eigenvalue weighted by molar-refractivity contribution is 0.0786. The summed E-state index contributed by atoms with van der Waals surface area (Å²) in [5.74, 6) is 0.882. The topological polar surface area (TPSA) is 56.6 Å². The van der Waals surface area contributed by atoms with Gasteiger partial charge in [0.1, 0.15) is 0 Å². The fraction of sp³-hybridized carbons (Fsp3) is 0.500. The zero-order chi connectivity index (χ0) is 13.0. The molecule has 106 valence electrons. The molecule has 0 aliphatic carbocycles. The van der Waals surface area contributed by atoms with Crippen LogP contribution in [0.3, 0.4) is 0 Å². The van der Waals surface area contributed by atoms with Gasteiger partial charge in [-0.3, -0.25) is 4.99 Å². The van der Waals surface area contributed by atoms with Gasteiger partial charge in [0.15, 0.2) is 5.96 Å². The first-order valence-electron chi connectivity index (χ1n) is 6.40. The van der Waals surface area contributed by atoms with Crippen LogP contribution in [0, 0.1) is 0 Å². The van der Waals surface area contributed by atoms with Crippen LogP contribution < -0.4 is 10.6 Å². The van der Waals surface area contributed by atoms with Crippen LogP contribution in [0.4, 0.5) is 0 Å². The van der Waals surface area contributed by atoms with Crippen LogP contribution in [0.25, 0.3) is 0 Å². The largest absolute Gasteiger partial charge is 0.386 e. The smallest absolute Gasteiger partial charge is 0.191 e. The number of aliphatic imine (C=N–C) groups is 1. The molecule has 19 heavy (non-hydrogen) atoms. The Morgan fingerprint density at radius 1 is 1.32 bits per heavy atom. The van der Waals surface area contributed by atoms with Crippen molar-refractivity contribution < 1.29 is 5.11 Å². The van der Waals surface area contributed by atoms with E-state index in [1.807, 2.05) is 24.3 Å². The molecule has 2 rings (SSSR count). The number of rotatable bonds is 3. The molecular formula is C14H22IN3O. The van der Waals surface area contributed by atoms with E-state index in [4.69, 9.17) is 0 Å². The molecule has 0 fully saturated rings. The molecule has 0 bridgehead atoms. The second-order valence-corrected chi connectivity index (χ2v) is 5.12. The first-order valence-corrected chi connectivity index (χ1v) is 6.40. The first kappa shape index (κ1) is 16.2. The minimum Gasteiger partial charge on any atom is -0.386 e. The molecule has 0 saturated heterocycles. The molecular weight excluding hydrogens is 353 g/mol. The van der Waals surface area contributed by atoms with E-state index in [9.17, 15) is 5.11 Å². The van der Waals surface area contributed by atoms with Crippen LogP contribution in [0.1, 0.15) is 31.4 Å². The SMILES string of the molecule is CC(C)(O)c1ccc(CNC2=NCCCN2)cc1.I. The maximum Gasteiger partial charge on any atom is 0.191 e. The maximum absolute atomic E-state index is 9.87. The molecule has 1 heterocycles. The maximum atomic E-state index is 9.87. The molecule has 3 N–H and O–H groups in total. The van der Waals surface area contributed by atoms with Crippen molar-refractivity contribution in [2.75, 3.05) is 13.1 Å². The fourth-order valence-corrected chi connectivity index (χ4v) is 1.87. The van der Waals surface area contributed by atoms with Crippen molar-refractivity contribution in [3.05, 3.63) is 35.4 Å². The third-order valence-corrected chi connectivity index (χ3v) is 3.02. The highest BCUT2D eigenvalue weighted by Gasteiger charge is 2.15. The summed E-state index contributed by atoms with van der Waals surface area (Å²) in [6.07, 6.45) is 1.10. The average Bonchev–Trinajstić information content (AvgIpc) is 2.37. The summed E-state index contributed by atoms with van der Waals surface area (Å²) in [4.78, 5) is 4.36. The highest BCUT2D eigenvalue weighted by Crippen LogP contribution is 2.19. The Bertz CT molecular complexity index is 423. The van der Waals surface area contributed by atoms with Gasteiger partial charge < -0.3 is 15.7 Å². The quantitative estimate of drug-likeness (QED) is 0.709. The van der Waals surface area contributed by atoms with Gasteiger partial charge in [-0.05, 0) is 31.4 Å². The van der Waals surface area contributed by atoms with Gasteiger partial charge in [-0.25, -0.2) is 0 Å². The zero-order valence-corrected chi connectivity index (χ0v) is 13.8. The molecule has 4 nitrogen and oxygen atoms in total. The summed E-state index contributed by atoms with van der Waals surface area (Å²) in [6.45, 7) is 6.22.